The Kier molecular flexibility index (Phi) is 5.35. The zero-order valence-corrected chi connectivity index (χ0v) is 11.6. The summed E-state index contributed by atoms with van der Waals surface area (Å²) in [5.74, 6) is 0.846. The molecule has 4 heteroatoms. The van der Waals surface area contributed by atoms with Gasteiger partial charge in [0.15, 0.2) is 0 Å². The molecule has 0 aromatic carbocycles. The van der Waals surface area contributed by atoms with Crippen LogP contribution in [0.15, 0.2) is 6.20 Å². The van der Waals surface area contributed by atoms with Gasteiger partial charge in [-0.2, -0.15) is 0 Å². The van der Waals surface area contributed by atoms with E-state index >= 15 is 0 Å². The Balaban J connectivity index is 2.94. The SMILES string of the molecule is CCC(C)N(CC)c1ncc(CNC)c(C)n1. The fraction of sp³-hybridized carbons (Fsp3) is 0.692. The van der Waals surface area contributed by atoms with Crippen LogP contribution in [-0.2, 0) is 6.54 Å². The number of aromatic nitrogens is 2. The minimum Gasteiger partial charge on any atom is -0.338 e. The molecule has 0 aliphatic carbocycles. The van der Waals surface area contributed by atoms with Crippen molar-refractivity contribution in [2.75, 3.05) is 18.5 Å². The maximum absolute atomic E-state index is 4.61. The van der Waals surface area contributed by atoms with E-state index in [1.807, 2.05) is 20.2 Å². The molecule has 0 saturated carbocycles. The summed E-state index contributed by atoms with van der Waals surface area (Å²) < 4.78 is 0. The van der Waals surface area contributed by atoms with Crippen molar-refractivity contribution in [3.05, 3.63) is 17.5 Å². The molecule has 96 valence electrons. The minimum absolute atomic E-state index is 0.481. The Morgan fingerprint density at radius 2 is 2.12 bits per heavy atom. The third kappa shape index (κ3) is 3.40. The Morgan fingerprint density at radius 3 is 2.59 bits per heavy atom. The van der Waals surface area contributed by atoms with Crippen LogP contribution in [0.25, 0.3) is 0 Å². The first-order valence-electron chi connectivity index (χ1n) is 6.37. The lowest BCUT2D eigenvalue weighted by atomic mass is 10.2. The molecule has 0 saturated heterocycles. The first-order chi connectivity index (χ1) is 8.13. The maximum atomic E-state index is 4.61. The predicted octanol–water partition coefficient (Wildman–Crippen LogP) is 2.13. The Morgan fingerprint density at radius 1 is 1.41 bits per heavy atom. The summed E-state index contributed by atoms with van der Waals surface area (Å²) in [7, 11) is 1.94. The monoisotopic (exact) mass is 236 g/mol. The number of aryl methyl sites for hydroxylation is 1. The van der Waals surface area contributed by atoms with E-state index in [9.17, 15) is 0 Å². The van der Waals surface area contributed by atoms with Gasteiger partial charge >= 0.3 is 0 Å². The fourth-order valence-electron chi connectivity index (χ4n) is 1.85. The van der Waals surface area contributed by atoms with Crippen LogP contribution in [0.5, 0.6) is 0 Å². The average Bonchev–Trinajstić information content (AvgIpc) is 2.33. The highest BCUT2D eigenvalue weighted by molar-refractivity contribution is 5.33. The van der Waals surface area contributed by atoms with Gasteiger partial charge in [-0.15, -0.1) is 0 Å². The van der Waals surface area contributed by atoms with Crippen LogP contribution in [0.2, 0.25) is 0 Å². The van der Waals surface area contributed by atoms with Crippen molar-refractivity contribution in [1.82, 2.24) is 15.3 Å². The molecule has 1 rings (SSSR count). The Hall–Kier alpha value is -1.16. The number of rotatable bonds is 6. The second kappa shape index (κ2) is 6.55. The maximum Gasteiger partial charge on any atom is 0.225 e. The van der Waals surface area contributed by atoms with Crippen LogP contribution in [0, 0.1) is 6.92 Å². The topological polar surface area (TPSA) is 41.1 Å². The number of nitrogens with one attached hydrogen (secondary N) is 1. The summed E-state index contributed by atoms with van der Waals surface area (Å²) in [6.07, 6.45) is 3.04. The summed E-state index contributed by atoms with van der Waals surface area (Å²) in [5.41, 5.74) is 2.22. The molecular weight excluding hydrogens is 212 g/mol. The van der Waals surface area contributed by atoms with E-state index in [-0.39, 0.29) is 0 Å². The quantitative estimate of drug-likeness (QED) is 0.821. The lowest BCUT2D eigenvalue weighted by Crippen LogP contribution is -2.34. The van der Waals surface area contributed by atoms with Crippen molar-refractivity contribution >= 4 is 5.95 Å². The second-order valence-corrected chi connectivity index (χ2v) is 4.35. The summed E-state index contributed by atoms with van der Waals surface area (Å²) in [4.78, 5) is 11.3. The highest BCUT2D eigenvalue weighted by Gasteiger charge is 2.14. The molecule has 0 spiro atoms. The van der Waals surface area contributed by atoms with Gasteiger partial charge in [-0.25, -0.2) is 9.97 Å². The highest BCUT2D eigenvalue weighted by atomic mass is 15.3. The molecule has 1 unspecified atom stereocenters. The first kappa shape index (κ1) is 13.9. The van der Waals surface area contributed by atoms with Gasteiger partial charge in [-0.3, -0.25) is 0 Å². The van der Waals surface area contributed by atoms with E-state index in [2.05, 4.69) is 41.0 Å². The molecule has 0 aliphatic rings. The predicted molar refractivity (Wildman–Crippen MR) is 72.3 cm³/mol. The van der Waals surface area contributed by atoms with Crippen LogP contribution in [0.1, 0.15) is 38.4 Å². The lowest BCUT2D eigenvalue weighted by Gasteiger charge is -2.27. The van der Waals surface area contributed by atoms with Gasteiger partial charge in [0, 0.05) is 36.6 Å². The van der Waals surface area contributed by atoms with E-state index in [0.29, 0.717) is 6.04 Å². The van der Waals surface area contributed by atoms with E-state index in [1.54, 1.807) is 0 Å². The summed E-state index contributed by atoms with van der Waals surface area (Å²) in [5, 5.41) is 3.13. The minimum atomic E-state index is 0.481. The summed E-state index contributed by atoms with van der Waals surface area (Å²) in [6.45, 7) is 10.4. The van der Waals surface area contributed by atoms with E-state index in [1.165, 1.54) is 0 Å². The molecule has 1 aromatic rings. The molecule has 0 radical (unpaired) electrons. The Labute approximate surface area is 104 Å². The average molecular weight is 236 g/mol. The largest absolute Gasteiger partial charge is 0.338 e. The molecular formula is C13H24N4. The van der Waals surface area contributed by atoms with Crippen LogP contribution in [-0.4, -0.2) is 29.6 Å². The number of hydrogen-bond donors (Lipinski definition) is 1. The standard InChI is InChI=1S/C13H24N4/c1-6-10(3)17(7-2)13-15-9-12(8-14-5)11(4)16-13/h9-10,14H,6-8H2,1-5H3. The number of nitrogens with zero attached hydrogens (tertiary/aromatic N) is 3. The van der Waals surface area contributed by atoms with Gasteiger partial charge in [0.2, 0.25) is 5.95 Å². The third-order valence-electron chi connectivity index (χ3n) is 3.16. The van der Waals surface area contributed by atoms with Crippen molar-refractivity contribution in [3.63, 3.8) is 0 Å². The summed E-state index contributed by atoms with van der Waals surface area (Å²) >= 11 is 0. The van der Waals surface area contributed by atoms with Gasteiger partial charge in [0.05, 0.1) is 0 Å². The van der Waals surface area contributed by atoms with Crippen molar-refractivity contribution in [1.29, 1.82) is 0 Å². The molecule has 1 aromatic heterocycles. The van der Waals surface area contributed by atoms with E-state index < -0.39 is 0 Å². The van der Waals surface area contributed by atoms with Crippen molar-refractivity contribution in [2.45, 2.75) is 46.7 Å². The van der Waals surface area contributed by atoms with Gasteiger partial charge in [-0.1, -0.05) is 6.92 Å². The fourth-order valence-corrected chi connectivity index (χ4v) is 1.85. The molecule has 1 heterocycles. The van der Waals surface area contributed by atoms with Gasteiger partial charge < -0.3 is 10.2 Å². The van der Waals surface area contributed by atoms with Crippen LogP contribution < -0.4 is 10.2 Å². The summed E-state index contributed by atoms with van der Waals surface area (Å²) in [6, 6.07) is 0.481. The molecule has 1 N–H and O–H groups in total. The van der Waals surface area contributed by atoms with Gasteiger partial charge in [0.1, 0.15) is 0 Å². The van der Waals surface area contributed by atoms with Gasteiger partial charge in [0.25, 0.3) is 0 Å². The van der Waals surface area contributed by atoms with Crippen LogP contribution in [0.4, 0.5) is 5.95 Å². The molecule has 0 fully saturated rings. The van der Waals surface area contributed by atoms with Crippen molar-refractivity contribution < 1.29 is 0 Å². The first-order valence-corrected chi connectivity index (χ1v) is 6.37. The molecule has 0 bridgehead atoms. The molecule has 17 heavy (non-hydrogen) atoms. The van der Waals surface area contributed by atoms with Crippen LogP contribution in [0.3, 0.4) is 0 Å². The number of anilines is 1. The van der Waals surface area contributed by atoms with Crippen molar-refractivity contribution in [2.24, 2.45) is 0 Å². The highest BCUT2D eigenvalue weighted by Crippen LogP contribution is 2.15. The van der Waals surface area contributed by atoms with E-state index in [4.69, 9.17) is 0 Å². The Bertz CT molecular complexity index is 351. The molecule has 1 atom stereocenters. The van der Waals surface area contributed by atoms with E-state index in [0.717, 1.165) is 36.7 Å². The second-order valence-electron chi connectivity index (χ2n) is 4.35. The van der Waals surface area contributed by atoms with Crippen LogP contribution >= 0.6 is 0 Å². The third-order valence-corrected chi connectivity index (χ3v) is 3.16. The number of hydrogen-bond acceptors (Lipinski definition) is 4. The zero-order chi connectivity index (χ0) is 12.8. The lowest BCUT2D eigenvalue weighted by molar-refractivity contribution is 0.612. The van der Waals surface area contributed by atoms with Gasteiger partial charge in [-0.05, 0) is 34.2 Å². The normalized spacial score (nSPS) is 12.5. The zero-order valence-electron chi connectivity index (χ0n) is 11.6. The smallest absolute Gasteiger partial charge is 0.225 e. The van der Waals surface area contributed by atoms with Crippen molar-refractivity contribution in [3.8, 4) is 0 Å². The molecule has 0 aliphatic heterocycles. The molecule has 0 amide bonds. The molecule has 4 nitrogen and oxygen atoms in total.